The molecule has 1 amide bonds. The fourth-order valence-corrected chi connectivity index (χ4v) is 5.60. The van der Waals surface area contributed by atoms with Gasteiger partial charge in [0, 0.05) is 66.0 Å². The number of aryl methyl sites for hydroxylation is 2. The van der Waals surface area contributed by atoms with E-state index < -0.39 is 0 Å². The number of rotatable bonds is 7. The Morgan fingerprint density at radius 2 is 1.89 bits per heavy atom. The van der Waals surface area contributed by atoms with Crippen molar-refractivity contribution in [2.75, 3.05) is 25.0 Å². The van der Waals surface area contributed by atoms with E-state index in [4.69, 9.17) is 4.98 Å². The highest BCUT2D eigenvalue weighted by atomic mass is 16.3. The number of aliphatic hydroxyl groups is 1. The van der Waals surface area contributed by atoms with Gasteiger partial charge in [0.1, 0.15) is 5.65 Å². The highest BCUT2D eigenvalue weighted by Gasteiger charge is 2.26. The SMILES string of the molecule is CCCCNc1ncc2c(C3=CCN(C(=O)c4cc(C)nc(C)c4)CC3)cn(C3CCC(O)CC3)c2n1. The first-order valence-electron chi connectivity index (χ1n) is 13.7. The van der Waals surface area contributed by atoms with Gasteiger partial charge in [0.15, 0.2) is 0 Å². The normalized spacial score (nSPS) is 20.2. The molecule has 2 N–H and O–H groups in total. The molecule has 1 saturated carbocycles. The third kappa shape index (κ3) is 5.54. The van der Waals surface area contributed by atoms with Crippen molar-refractivity contribution in [3.63, 3.8) is 0 Å². The van der Waals surface area contributed by atoms with Crippen molar-refractivity contribution < 1.29 is 9.90 Å². The fraction of sp³-hybridized carbons (Fsp3) is 0.517. The second kappa shape index (κ2) is 11.0. The van der Waals surface area contributed by atoms with Gasteiger partial charge in [-0.2, -0.15) is 4.98 Å². The number of nitrogens with zero attached hydrogens (tertiary/aromatic N) is 5. The van der Waals surface area contributed by atoms with Crippen LogP contribution in [0.3, 0.4) is 0 Å². The molecule has 5 rings (SSSR count). The van der Waals surface area contributed by atoms with Crippen molar-refractivity contribution in [1.29, 1.82) is 0 Å². The van der Waals surface area contributed by atoms with Crippen LogP contribution in [-0.4, -0.2) is 61.2 Å². The lowest BCUT2D eigenvalue weighted by atomic mass is 9.93. The molecule has 1 fully saturated rings. The first kappa shape index (κ1) is 25.4. The Labute approximate surface area is 218 Å². The van der Waals surface area contributed by atoms with Gasteiger partial charge >= 0.3 is 0 Å². The lowest BCUT2D eigenvalue weighted by Crippen LogP contribution is -2.34. The molecule has 37 heavy (non-hydrogen) atoms. The Hall–Kier alpha value is -3.26. The Morgan fingerprint density at radius 3 is 2.57 bits per heavy atom. The maximum atomic E-state index is 13.2. The molecule has 2 aliphatic rings. The van der Waals surface area contributed by atoms with Gasteiger partial charge < -0.3 is 19.9 Å². The van der Waals surface area contributed by atoms with E-state index in [1.165, 1.54) is 5.57 Å². The van der Waals surface area contributed by atoms with Crippen LogP contribution in [0.25, 0.3) is 16.6 Å². The van der Waals surface area contributed by atoms with Gasteiger partial charge in [-0.1, -0.05) is 19.4 Å². The van der Waals surface area contributed by atoms with Crippen LogP contribution in [0.15, 0.2) is 30.6 Å². The largest absolute Gasteiger partial charge is 0.393 e. The Bertz CT molecular complexity index is 1280. The average Bonchev–Trinajstić information content (AvgIpc) is 3.27. The molecule has 1 aliphatic carbocycles. The molecule has 8 heteroatoms. The number of fused-ring (bicyclic) bond motifs is 1. The molecular formula is C29H38N6O2. The molecule has 0 aromatic carbocycles. The standard InChI is InChI=1S/C29H38N6O2/c1-4-5-12-30-29-31-17-25-26(18-35(27(25)33-29)23-6-8-24(36)9-7-23)21-10-13-34(14-11-21)28(37)22-15-19(2)32-20(3)16-22/h10,15-18,23-24,36H,4-9,11-14H2,1-3H3,(H,30,31,33). The minimum Gasteiger partial charge on any atom is -0.393 e. The summed E-state index contributed by atoms with van der Waals surface area (Å²) in [6, 6.07) is 4.05. The smallest absolute Gasteiger partial charge is 0.254 e. The lowest BCUT2D eigenvalue weighted by molar-refractivity contribution is 0.0772. The van der Waals surface area contributed by atoms with E-state index in [2.05, 4.69) is 39.0 Å². The van der Waals surface area contributed by atoms with Crippen molar-refractivity contribution in [3.05, 3.63) is 53.1 Å². The number of amides is 1. The van der Waals surface area contributed by atoms with Crippen LogP contribution in [0.2, 0.25) is 0 Å². The first-order valence-corrected chi connectivity index (χ1v) is 13.7. The molecule has 0 atom stereocenters. The number of nitrogens with one attached hydrogen (secondary N) is 1. The molecule has 196 valence electrons. The number of aliphatic hydroxyl groups excluding tert-OH is 1. The molecule has 0 saturated heterocycles. The van der Waals surface area contributed by atoms with E-state index in [-0.39, 0.29) is 12.0 Å². The van der Waals surface area contributed by atoms with Crippen LogP contribution in [0.1, 0.15) is 85.2 Å². The molecule has 1 aliphatic heterocycles. The summed E-state index contributed by atoms with van der Waals surface area (Å²) in [6.07, 6.45) is 12.7. The van der Waals surface area contributed by atoms with Crippen LogP contribution >= 0.6 is 0 Å². The van der Waals surface area contributed by atoms with Crippen molar-refractivity contribution in [2.45, 2.75) is 77.9 Å². The summed E-state index contributed by atoms with van der Waals surface area (Å²) in [4.78, 5) is 29.0. The lowest BCUT2D eigenvalue weighted by Gasteiger charge is -2.27. The van der Waals surface area contributed by atoms with E-state index in [0.29, 0.717) is 30.6 Å². The fourth-order valence-electron chi connectivity index (χ4n) is 5.60. The molecule has 3 aromatic heterocycles. The number of pyridine rings is 1. The summed E-state index contributed by atoms with van der Waals surface area (Å²) >= 11 is 0. The second-order valence-electron chi connectivity index (χ2n) is 10.5. The van der Waals surface area contributed by atoms with E-state index in [9.17, 15) is 9.90 Å². The number of carbonyl (C=O) groups excluding carboxylic acids is 1. The molecule has 8 nitrogen and oxygen atoms in total. The van der Waals surface area contributed by atoms with Crippen LogP contribution in [0.4, 0.5) is 5.95 Å². The summed E-state index contributed by atoms with van der Waals surface area (Å²) in [5.74, 6) is 0.721. The third-order valence-corrected chi connectivity index (χ3v) is 7.62. The van der Waals surface area contributed by atoms with Gasteiger partial charge in [-0.05, 0) is 70.1 Å². The second-order valence-corrected chi connectivity index (χ2v) is 10.5. The zero-order chi connectivity index (χ0) is 25.9. The Morgan fingerprint density at radius 1 is 1.14 bits per heavy atom. The van der Waals surface area contributed by atoms with Crippen molar-refractivity contribution in [3.8, 4) is 0 Å². The maximum absolute atomic E-state index is 13.2. The Balaban J connectivity index is 1.42. The zero-order valence-electron chi connectivity index (χ0n) is 22.2. The number of carbonyl (C=O) groups is 1. The van der Waals surface area contributed by atoms with E-state index >= 15 is 0 Å². The third-order valence-electron chi connectivity index (χ3n) is 7.62. The van der Waals surface area contributed by atoms with E-state index in [1.807, 2.05) is 37.1 Å². The number of anilines is 1. The van der Waals surface area contributed by atoms with Crippen LogP contribution in [-0.2, 0) is 0 Å². The van der Waals surface area contributed by atoms with Crippen molar-refractivity contribution in [1.82, 2.24) is 24.4 Å². The summed E-state index contributed by atoms with van der Waals surface area (Å²) in [5, 5.41) is 14.5. The summed E-state index contributed by atoms with van der Waals surface area (Å²) in [6.45, 7) is 8.13. The van der Waals surface area contributed by atoms with E-state index in [0.717, 1.165) is 79.5 Å². The minimum absolute atomic E-state index is 0.0539. The molecule has 0 radical (unpaired) electrons. The topological polar surface area (TPSA) is 96.2 Å². The predicted molar refractivity (Wildman–Crippen MR) is 147 cm³/mol. The highest BCUT2D eigenvalue weighted by Crippen LogP contribution is 2.36. The average molecular weight is 503 g/mol. The van der Waals surface area contributed by atoms with Crippen molar-refractivity contribution >= 4 is 28.5 Å². The molecule has 0 unspecified atom stereocenters. The molecular weight excluding hydrogens is 464 g/mol. The first-order chi connectivity index (χ1) is 17.9. The summed E-state index contributed by atoms with van der Waals surface area (Å²) in [7, 11) is 0. The van der Waals surface area contributed by atoms with Gasteiger partial charge in [-0.25, -0.2) is 4.98 Å². The van der Waals surface area contributed by atoms with Gasteiger partial charge in [-0.3, -0.25) is 9.78 Å². The van der Waals surface area contributed by atoms with Gasteiger partial charge in [0.2, 0.25) is 5.95 Å². The molecule has 4 heterocycles. The van der Waals surface area contributed by atoms with E-state index in [1.54, 1.807) is 0 Å². The summed E-state index contributed by atoms with van der Waals surface area (Å²) < 4.78 is 2.31. The number of unbranched alkanes of at least 4 members (excludes halogenated alkanes) is 1. The minimum atomic E-state index is -0.198. The Kier molecular flexibility index (Phi) is 7.55. The predicted octanol–water partition coefficient (Wildman–Crippen LogP) is 5.06. The van der Waals surface area contributed by atoms with Crippen LogP contribution < -0.4 is 5.32 Å². The molecule has 3 aromatic rings. The van der Waals surface area contributed by atoms with Crippen LogP contribution in [0, 0.1) is 13.8 Å². The van der Waals surface area contributed by atoms with Crippen LogP contribution in [0.5, 0.6) is 0 Å². The zero-order valence-corrected chi connectivity index (χ0v) is 22.2. The molecule has 0 bridgehead atoms. The van der Waals surface area contributed by atoms with Gasteiger partial charge in [0.05, 0.1) is 6.10 Å². The number of hydrogen-bond donors (Lipinski definition) is 2. The number of aromatic nitrogens is 4. The summed E-state index contributed by atoms with van der Waals surface area (Å²) in [5.41, 5.74) is 5.78. The number of hydrogen-bond acceptors (Lipinski definition) is 6. The highest BCUT2D eigenvalue weighted by molar-refractivity contribution is 5.96. The molecule has 0 spiro atoms. The maximum Gasteiger partial charge on any atom is 0.254 e. The van der Waals surface area contributed by atoms with Gasteiger partial charge in [-0.15, -0.1) is 0 Å². The van der Waals surface area contributed by atoms with Gasteiger partial charge in [0.25, 0.3) is 5.91 Å². The van der Waals surface area contributed by atoms with Crippen molar-refractivity contribution in [2.24, 2.45) is 0 Å². The quantitative estimate of drug-likeness (QED) is 0.439. The monoisotopic (exact) mass is 502 g/mol.